The molecule has 0 spiro atoms. The number of nitrogens with one attached hydrogen (secondary N) is 1. The molecule has 1 saturated heterocycles. The van der Waals surface area contributed by atoms with Crippen molar-refractivity contribution >= 4 is 26.0 Å². The summed E-state index contributed by atoms with van der Waals surface area (Å²) >= 11 is 3.34. The maximum Gasteiger partial charge on any atom is 0.243 e. The van der Waals surface area contributed by atoms with Gasteiger partial charge in [0.1, 0.15) is 5.75 Å². The van der Waals surface area contributed by atoms with Gasteiger partial charge >= 0.3 is 0 Å². The molecule has 0 unspecified atom stereocenters. The minimum Gasteiger partial charge on any atom is -0.496 e. The van der Waals surface area contributed by atoms with Crippen LogP contribution in [0.25, 0.3) is 0 Å². The predicted octanol–water partition coefficient (Wildman–Crippen LogP) is 1.83. The molecule has 1 N–H and O–H groups in total. The molecule has 1 aliphatic heterocycles. The van der Waals surface area contributed by atoms with Crippen LogP contribution < -0.4 is 10.1 Å². The highest BCUT2D eigenvalue weighted by Crippen LogP contribution is 2.29. The van der Waals surface area contributed by atoms with Crippen LogP contribution in [0.15, 0.2) is 27.6 Å². The van der Waals surface area contributed by atoms with Gasteiger partial charge in [0.25, 0.3) is 0 Å². The minimum atomic E-state index is -3.46. The average Bonchev–Trinajstić information content (AvgIpc) is 2.36. The third kappa shape index (κ3) is 3.00. The second-order valence-corrected chi connectivity index (χ2v) is 7.47. The van der Waals surface area contributed by atoms with Crippen molar-refractivity contribution in [1.82, 2.24) is 9.62 Å². The fourth-order valence-electron chi connectivity index (χ4n) is 2.14. The summed E-state index contributed by atoms with van der Waals surface area (Å²) in [5.74, 6) is 0.622. The topological polar surface area (TPSA) is 58.6 Å². The van der Waals surface area contributed by atoms with E-state index in [-0.39, 0.29) is 6.04 Å². The average molecular weight is 363 g/mol. The molecule has 1 fully saturated rings. The molecule has 2 rings (SSSR count). The molecule has 112 valence electrons. The van der Waals surface area contributed by atoms with Crippen molar-refractivity contribution in [3.63, 3.8) is 0 Å². The van der Waals surface area contributed by atoms with Crippen LogP contribution in [0.5, 0.6) is 5.75 Å². The SMILES string of the molecule is CCCN(C1CNC1)S(=O)(=O)c1ccc(OC)c(Br)c1. The van der Waals surface area contributed by atoms with E-state index in [2.05, 4.69) is 21.2 Å². The van der Waals surface area contributed by atoms with Gasteiger partial charge in [0.05, 0.1) is 22.5 Å². The smallest absolute Gasteiger partial charge is 0.243 e. The monoisotopic (exact) mass is 362 g/mol. The number of rotatable bonds is 6. The van der Waals surface area contributed by atoms with Crippen LogP contribution in [-0.2, 0) is 10.0 Å². The summed E-state index contributed by atoms with van der Waals surface area (Å²) in [5, 5.41) is 3.12. The molecule has 1 heterocycles. The summed E-state index contributed by atoms with van der Waals surface area (Å²) in [7, 11) is -1.91. The van der Waals surface area contributed by atoms with Crippen molar-refractivity contribution in [1.29, 1.82) is 0 Å². The van der Waals surface area contributed by atoms with E-state index in [9.17, 15) is 8.42 Å². The minimum absolute atomic E-state index is 0.0563. The van der Waals surface area contributed by atoms with Crippen molar-refractivity contribution in [3.8, 4) is 5.75 Å². The number of halogens is 1. The molecule has 0 aliphatic carbocycles. The van der Waals surface area contributed by atoms with Crippen molar-refractivity contribution in [2.45, 2.75) is 24.3 Å². The quantitative estimate of drug-likeness (QED) is 0.838. The molecule has 0 atom stereocenters. The van der Waals surface area contributed by atoms with Crippen molar-refractivity contribution < 1.29 is 13.2 Å². The second kappa shape index (κ2) is 6.43. The maximum absolute atomic E-state index is 12.7. The highest BCUT2D eigenvalue weighted by molar-refractivity contribution is 9.10. The number of hydrogen-bond donors (Lipinski definition) is 1. The summed E-state index contributed by atoms with van der Waals surface area (Å²) in [6.45, 7) is 3.96. The first-order valence-electron chi connectivity index (χ1n) is 6.56. The Morgan fingerprint density at radius 3 is 2.60 bits per heavy atom. The third-order valence-corrected chi connectivity index (χ3v) is 5.91. The fourth-order valence-corrected chi connectivity index (χ4v) is 4.57. The molecule has 7 heteroatoms. The molecule has 0 radical (unpaired) electrons. The highest BCUT2D eigenvalue weighted by atomic mass is 79.9. The van der Waals surface area contributed by atoms with E-state index in [1.807, 2.05) is 6.92 Å². The summed E-state index contributed by atoms with van der Waals surface area (Å²) in [6, 6.07) is 4.91. The van der Waals surface area contributed by atoms with Gasteiger partial charge < -0.3 is 10.1 Å². The van der Waals surface area contributed by atoms with E-state index >= 15 is 0 Å². The number of methoxy groups -OCH3 is 1. The van der Waals surface area contributed by atoms with Gasteiger partial charge in [0.15, 0.2) is 0 Å². The van der Waals surface area contributed by atoms with Gasteiger partial charge in [-0.3, -0.25) is 0 Å². The first kappa shape index (κ1) is 15.8. The first-order valence-corrected chi connectivity index (χ1v) is 8.80. The van der Waals surface area contributed by atoms with Crippen LogP contribution in [-0.4, -0.2) is 45.5 Å². The zero-order valence-electron chi connectivity index (χ0n) is 11.6. The largest absolute Gasteiger partial charge is 0.496 e. The molecular formula is C13H19BrN2O3S. The van der Waals surface area contributed by atoms with Crippen LogP contribution in [0.3, 0.4) is 0 Å². The Balaban J connectivity index is 2.34. The molecule has 0 aromatic heterocycles. The molecular weight excluding hydrogens is 344 g/mol. The van der Waals surface area contributed by atoms with E-state index in [0.29, 0.717) is 21.7 Å². The van der Waals surface area contributed by atoms with E-state index in [1.165, 1.54) is 0 Å². The summed E-state index contributed by atoms with van der Waals surface area (Å²) in [4.78, 5) is 0.297. The lowest BCUT2D eigenvalue weighted by Crippen LogP contribution is -2.58. The maximum atomic E-state index is 12.7. The predicted molar refractivity (Wildman–Crippen MR) is 81.5 cm³/mol. The van der Waals surface area contributed by atoms with Crippen LogP contribution in [0.2, 0.25) is 0 Å². The van der Waals surface area contributed by atoms with Crippen molar-refractivity contribution in [2.75, 3.05) is 26.7 Å². The number of nitrogens with zero attached hydrogens (tertiary/aromatic N) is 1. The number of hydrogen-bond acceptors (Lipinski definition) is 4. The van der Waals surface area contributed by atoms with Crippen molar-refractivity contribution in [2.24, 2.45) is 0 Å². The van der Waals surface area contributed by atoms with Crippen molar-refractivity contribution in [3.05, 3.63) is 22.7 Å². The Morgan fingerprint density at radius 2 is 2.15 bits per heavy atom. The van der Waals surface area contributed by atoms with E-state index < -0.39 is 10.0 Å². The first-order chi connectivity index (χ1) is 9.50. The Hall–Kier alpha value is -0.630. The molecule has 1 aromatic carbocycles. The van der Waals surface area contributed by atoms with Gasteiger partial charge in [-0.05, 0) is 40.5 Å². The van der Waals surface area contributed by atoms with Gasteiger partial charge in [0.2, 0.25) is 10.0 Å². The molecule has 0 saturated carbocycles. The van der Waals surface area contributed by atoms with Gasteiger partial charge in [0, 0.05) is 19.6 Å². The fraction of sp³-hybridized carbons (Fsp3) is 0.538. The Kier molecular flexibility index (Phi) is 5.06. The Morgan fingerprint density at radius 1 is 1.45 bits per heavy atom. The van der Waals surface area contributed by atoms with Crippen LogP contribution in [0.1, 0.15) is 13.3 Å². The zero-order chi connectivity index (χ0) is 14.8. The van der Waals surface area contributed by atoms with E-state index in [1.54, 1.807) is 29.6 Å². The number of ether oxygens (including phenoxy) is 1. The van der Waals surface area contributed by atoms with Crippen LogP contribution in [0, 0.1) is 0 Å². The molecule has 1 aliphatic rings. The zero-order valence-corrected chi connectivity index (χ0v) is 14.0. The molecule has 20 heavy (non-hydrogen) atoms. The van der Waals surface area contributed by atoms with E-state index in [0.717, 1.165) is 19.5 Å². The second-order valence-electron chi connectivity index (χ2n) is 4.72. The summed E-state index contributed by atoms with van der Waals surface area (Å²) < 4.78 is 32.9. The van der Waals surface area contributed by atoms with E-state index in [4.69, 9.17) is 4.74 Å². The lowest BCUT2D eigenvalue weighted by Gasteiger charge is -2.37. The highest BCUT2D eigenvalue weighted by Gasteiger charge is 2.34. The summed E-state index contributed by atoms with van der Waals surface area (Å²) in [5.41, 5.74) is 0. The summed E-state index contributed by atoms with van der Waals surface area (Å²) in [6.07, 6.45) is 0.799. The molecule has 0 bridgehead atoms. The third-order valence-electron chi connectivity index (χ3n) is 3.34. The normalized spacial score (nSPS) is 16.2. The lowest BCUT2D eigenvalue weighted by molar-refractivity contribution is 0.242. The number of sulfonamides is 1. The van der Waals surface area contributed by atoms with Gasteiger partial charge in [-0.2, -0.15) is 4.31 Å². The molecule has 1 aromatic rings. The standard InChI is InChI=1S/C13H19BrN2O3S/c1-3-6-16(10-8-15-9-10)20(17,18)11-4-5-13(19-2)12(14)7-11/h4-5,7,10,15H,3,6,8-9H2,1-2H3. The lowest BCUT2D eigenvalue weighted by atomic mass is 10.2. The Labute approximate surface area is 128 Å². The Bertz CT molecular complexity index is 573. The van der Waals surface area contributed by atoms with Gasteiger partial charge in [-0.1, -0.05) is 6.92 Å². The molecule has 0 amide bonds. The van der Waals surface area contributed by atoms with Gasteiger partial charge in [-0.25, -0.2) is 8.42 Å². The van der Waals surface area contributed by atoms with Crippen LogP contribution in [0.4, 0.5) is 0 Å². The number of benzene rings is 1. The molecule has 5 nitrogen and oxygen atoms in total. The van der Waals surface area contributed by atoms with Crippen LogP contribution >= 0.6 is 15.9 Å². The van der Waals surface area contributed by atoms with Gasteiger partial charge in [-0.15, -0.1) is 0 Å².